The summed E-state index contributed by atoms with van der Waals surface area (Å²) in [6, 6.07) is 58.4. The van der Waals surface area contributed by atoms with Gasteiger partial charge in [-0.25, -0.2) is 15.0 Å². The van der Waals surface area contributed by atoms with Gasteiger partial charge >= 0.3 is 0 Å². The number of hydrogen-bond donors (Lipinski definition) is 0. The van der Waals surface area contributed by atoms with Gasteiger partial charge in [-0.1, -0.05) is 133 Å². The molecule has 0 saturated carbocycles. The minimum atomic E-state index is 0.652. The van der Waals surface area contributed by atoms with Crippen LogP contribution < -0.4 is 0 Å². The minimum Gasteiger partial charge on any atom is -0.208 e. The van der Waals surface area contributed by atoms with E-state index < -0.39 is 0 Å². The van der Waals surface area contributed by atoms with E-state index in [4.69, 9.17) is 15.0 Å². The van der Waals surface area contributed by atoms with E-state index in [-0.39, 0.29) is 0 Å². The highest BCUT2D eigenvalue weighted by Crippen LogP contribution is 2.42. The Labute approximate surface area is 307 Å². The van der Waals surface area contributed by atoms with Crippen molar-refractivity contribution in [3.05, 3.63) is 164 Å². The van der Waals surface area contributed by atoms with Crippen molar-refractivity contribution in [2.24, 2.45) is 0 Å². The smallest absolute Gasteiger partial charge is 0.164 e. The van der Waals surface area contributed by atoms with E-state index in [9.17, 15) is 0 Å². The topological polar surface area (TPSA) is 38.7 Å². The fourth-order valence-electron chi connectivity index (χ4n) is 7.76. The second kappa shape index (κ2) is 11.6. The van der Waals surface area contributed by atoms with Gasteiger partial charge in [0.2, 0.25) is 0 Å². The Hall–Kier alpha value is -6.27. The van der Waals surface area contributed by atoms with Crippen molar-refractivity contribution < 1.29 is 0 Å². The molecule has 0 saturated heterocycles. The summed E-state index contributed by atoms with van der Waals surface area (Å²) in [5.74, 6) is 1.99. The number of thiophene rings is 2. The van der Waals surface area contributed by atoms with Crippen LogP contribution in [-0.2, 0) is 0 Å². The van der Waals surface area contributed by atoms with Crippen molar-refractivity contribution in [1.29, 1.82) is 0 Å². The lowest BCUT2D eigenvalue weighted by Gasteiger charge is -2.13. The van der Waals surface area contributed by atoms with E-state index in [1.54, 1.807) is 11.3 Å². The third-order valence-electron chi connectivity index (χ3n) is 10.1. The number of aromatic nitrogens is 3. The Morgan fingerprint density at radius 3 is 1.48 bits per heavy atom. The molecule has 0 N–H and O–H groups in total. The standard InChI is InChI=1S/C47H27N3S2/c1-2-12-31-30(11-1)27-38(34-14-4-3-13-33(31)34)47-49-45(48-46(50-47)37-18-10-22-42-44(37)36-16-6-8-20-40(36)52-42)29-25-23-28(24-26-29)32-17-9-21-41-43(32)35-15-5-7-19-39(35)51-41/h1-27H. The molecule has 0 aliphatic rings. The van der Waals surface area contributed by atoms with Gasteiger partial charge in [0.25, 0.3) is 0 Å². The van der Waals surface area contributed by atoms with Gasteiger partial charge in [-0.15, -0.1) is 22.7 Å². The zero-order valence-corrected chi connectivity index (χ0v) is 29.4. The molecule has 11 aromatic rings. The molecule has 0 amide bonds. The lowest BCUT2D eigenvalue weighted by atomic mass is 9.96. The van der Waals surface area contributed by atoms with Crippen molar-refractivity contribution in [3.8, 4) is 45.3 Å². The molecule has 3 aromatic heterocycles. The fourth-order valence-corrected chi connectivity index (χ4v) is 10.0. The zero-order valence-electron chi connectivity index (χ0n) is 27.7. The second-order valence-corrected chi connectivity index (χ2v) is 15.3. The average molecular weight is 698 g/mol. The SMILES string of the molecule is c1ccc2c(c1)cc(-c1nc(-c3ccc(-c4cccc5sc6ccccc6c45)cc3)nc(-c3cccc4sc5ccccc5c34)n1)c1ccccc12. The van der Waals surface area contributed by atoms with Crippen LogP contribution in [0, 0.1) is 0 Å². The summed E-state index contributed by atoms with van der Waals surface area (Å²) in [6.45, 7) is 0. The van der Waals surface area contributed by atoms with Gasteiger partial charge in [0, 0.05) is 57.0 Å². The van der Waals surface area contributed by atoms with Crippen molar-refractivity contribution in [2.45, 2.75) is 0 Å². The van der Waals surface area contributed by atoms with Crippen LogP contribution in [0.2, 0.25) is 0 Å². The van der Waals surface area contributed by atoms with Crippen LogP contribution >= 0.6 is 22.7 Å². The Morgan fingerprint density at radius 2 is 0.788 bits per heavy atom. The van der Waals surface area contributed by atoms with Crippen LogP contribution in [0.4, 0.5) is 0 Å². The van der Waals surface area contributed by atoms with Crippen LogP contribution in [0.5, 0.6) is 0 Å². The summed E-state index contributed by atoms with van der Waals surface area (Å²) in [6.07, 6.45) is 0. The summed E-state index contributed by atoms with van der Waals surface area (Å²) in [4.78, 5) is 15.8. The van der Waals surface area contributed by atoms with E-state index in [2.05, 4.69) is 164 Å². The molecule has 3 nitrogen and oxygen atoms in total. The van der Waals surface area contributed by atoms with Crippen molar-refractivity contribution in [1.82, 2.24) is 15.0 Å². The first-order chi connectivity index (χ1) is 25.8. The predicted molar refractivity (Wildman–Crippen MR) is 222 cm³/mol. The van der Waals surface area contributed by atoms with E-state index in [0.717, 1.165) is 27.5 Å². The molecule has 0 fully saturated rings. The van der Waals surface area contributed by atoms with Crippen LogP contribution in [0.25, 0.3) is 107 Å². The number of hydrogen-bond acceptors (Lipinski definition) is 5. The predicted octanol–water partition coefficient (Wildman–Crippen LogP) is 13.6. The normalized spacial score (nSPS) is 11.8. The molecule has 52 heavy (non-hydrogen) atoms. The maximum absolute atomic E-state index is 5.30. The van der Waals surface area contributed by atoms with Gasteiger partial charge in [0.15, 0.2) is 17.5 Å². The fraction of sp³-hybridized carbons (Fsp3) is 0. The van der Waals surface area contributed by atoms with Gasteiger partial charge in [-0.05, 0) is 63.0 Å². The van der Waals surface area contributed by atoms with E-state index in [1.165, 1.54) is 62.2 Å². The lowest BCUT2D eigenvalue weighted by Crippen LogP contribution is -2.01. The summed E-state index contributed by atoms with van der Waals surface area (Å²) < 4.78 is 5.08. The molecular weight excluding hydrogens is 671 g/mol. The summed E-state index contributed by atoms with van der Waals surface area (Å²) in [5, 5.41) is 9.68. The van der Waals surface area contributed by atoms with Crippen molar-refractivity contribution in [2.75, 3.05) is 0 Å². The van der Waals surface area contributed by atoms with E-state index >= 15 is 0 Å². The first-order valence-corrected chi connectivity index (χ1v) is 19.0. The second-order valence-electron chi connectivity index (χ2n) is 13.1. The number of rotatable bonds is 4. The van der Waals surface area contributed by atoms with Crippen LogP contribution in [0.15, 0.2) is 164 Å². The average Bonchev–Trinajstić information content (AvgIpc) is 3.79. The number of fused-ring (bicyclic) bond motifs is 9. The van der Waals surface area contributed by atoms with E-state index in [0.29, 0.717) is 17.5 Å². The quantitative estimate of drug-likeness (QED) is 0.172. The van der Waals surface area contributed by atoms with Gasteiger partial charge in [-0.3, -0.25) is 0 Å². The minimum absolute atomic E-state index is 0.652. The highest BCUT2D eigenvalue weighted by Gasteiger charge is 2.19. The van der Waals surface area contributed by atoms with Crippen molar-refractivity contribution >= 4 is 84.6 Å². The molecule has 3 heterocycles. The summed E-state index contributed by atoms with van der Waals surface area (Å²) in [5.41, 5.74) is 5.36. The molecule has 0 unspecified atom stereocenters. The third-order valence-corrected chi connectivity index (χ3v) is 12.4. The highest BCUT2D eigenvalue weighted by molar-refractivity contribution is 7.26. The Kier molecular flexibility index (Phi) is 6.59. The Bertz CT molecular complexity index is 3190. The monoisotopic (exact) mass is 697 g/mol. The highest BCUT2D eigenvalue weighted by atomic mass is 32.1. The summed E-state index contributed by atoms with van der Waals surface area (Å²) >= 11 is 3.65. The lowest BCUT2D eigenvalue weighted by molar-refractivity contribution is 1.08. The molecule has 5 heteroatoms. The number of nitrogens with zero attached hydrogens (tertiary/aromatic N) is 3. The number of benzene rings is 8. The van der Waals surface area contributed by atoms with Crippen LogP contribution in [0.1, 0.15) is 0 Å². The van der Waals surface area contributed by atoms with Gasteiger partial charge < -0.3 is 0 Å². The molecule has 0 spiro atoms. The first kappa shape index (κ1) is 29.5. The molecule has 0 atom stereocenters. The Balaban J connectivity index is 1.14. The summed E-state index contributed by atoms with van der Waals surface area (Å²) in [7, 11) is 0. The molecule has 11 rings (SSSR count). The molecular formula is C47H27N3S2. The zero-order chi connectivity index (χ0) is 34.2. The van der Waals surface area contributed by atoms with Gasteiger partial charge in [-0.2, -0.15) is 0 Å². The van der Waals surface area contributed by atoms with Crippen molar-refractivity contribution in [3.63, 3.8) is 0 Å². The van der Waals surface area contributed by atoms with Crippen LogP contribution in [-0.4, -0.2) is 15.0 Å². The first-order valence-electron chi connectivity index (χ1n) is 17.4. The largest absolute Gasteiger partial charge is 0.208 e. The molecule has 242 valence electrons. The Morgan fingerprint density at radius 1 is 0.308 bits per heavy atom. The van der Waals surface area contributed by atoms with E-state index in [1.807, 2.05) is 11.3 Å². The maximum Gasteiger partial charge on any atom is 0.164 e. The molecule has 0 aliphatic heterocycles. The molecule has 0 radical (unpaired) electrons. The van der Waals surface area contributed by atoms with Gasteiger partial charge in [0.05, 0.1) is 0 Å². The van der Waals surface area contributed by atoms with Crippen LogP contribution in [0.3, 0.4) is 0 Å². The molecule has 0 aliphatic carbocycles. The molecule has 0 bridgehead atoms. The van der Waals surface area contributed by atoms with Gasteiger partial charge in [0.1, 0.15) is 0 Å². The molecule has 8 aromatic carbocycles. The maximum atomic E-state index is 5.30. The third kappa shape index (κ3) is 4.60.